The maximum Gasteiger partial charge on any atom is 0.179 e. The van der Waals surface area contributed by atoms with Gasteiger partial charge in [-0.1, -0.05) is 0 Å². The molecule has 0 unspecified atom stereocenters. The summed E-state index contributed by atoms with van der Waals surface area (Å²) >= 11 is 0. The molecule has 2 N–H and O–H groups in total. The molecule has 112 valence electrons. The molecule has 0 radical (unpaired) electrons. The van der Waals surface area contributed by atoms with Gasteiger partial charge in [0.05, 0.1) is 11.7 Å². The smallest absolute Gasteiger partial charge is 0.179 e. The van der Waals surface area contributed by atoms with E-state index in [4.69, 9.17) is 10.7 Å². The van der Waals surface area contributed by atoms with Crippen molar-refractivity contribution in [3.8, 4) is 0 Å². The number of nitrogen functional groups attached to an aromatic ring is 1. The molecule has 2 fully saturated rings. The zero-order chi connectivity index (χ0) is 14.6. The summed E-state index contributed by atoms with van der Waals surface area (Å²) in [5.41, 5.74) is 8.77. The average molecular weight is 286 g/mol. The van der Waals surface area contributed by atoms with E-state index in [1.54, 1.807) is 0 Å². The van der Waals surface area contributed by atoms with Crippen LogP contribution in [0.5, 0.6) is 0 Å². The van der Waals surface area contributed by atoms with Crippen LogP contribution in [0.25, 0.3) is 11.2 Å². The predicted octanol–water partition coefficient (Wildman–Crippen LogP) is 1.94. The molecule has 1 aliphatic carbocycles. The third-order valence-corrected chi connectivity index (χ3v) is 4.97. The van der Waals surface area contributed by atoms with Crippen molar-refractivity contribution in [2.24, 2.45) is 0 Å². The summed E-state index contributed by atoms with van der Waals surface area (Å²) in [5.74, 6) is 1.11. The Hall–Kier alpha value is -1.69. The van der Waals surface area contributed by atoms with E-state index in [1.807, 2.05) is 10.9 Å². The number of piperidine rings is 1. The molecule has 1 aliphatic heterocycles. The van der Waals surface area contributed by atoms with E-state index < -0.39 is 0 Å². The molecule has 6 nitrogen and oxygen atoms in total. The van der Waals surface area contributed by atoms with Gasteiger partial charge in [-0.25, -0.2) is 14.6 Å². The topological polar surface area (TPSA) is 72.9 Å². The normalized spacial score (nSPS) is 27.3. The third-order valence-electron chi connectivity index (χ3n) is 4.97. The van der Waals surface area contributed by atoms with Gasteiger partial charge in [0.25, 0.3) is 0 Å². The Labute approximate surface area is 124 Å². The van der Waals surface area contributed by atoms with E-state index in [0.29, 0.717) is 23.8 Å². The molecule has 6 heteroatoms. The van der Waals surface area contributed by atoms with Crippen LogP contribution >= 0.6 is 0 Å². The summed E-state index contributed by atoms with van der Waals surface area (Å²) in [6.07, 6.45) is 6.51. The first-order valence-corrected chi connectivity index (χ1v) is 7.84. The lowest BCUT2D eigenvalue weighted by atomic mass is 9.99. The van der Waals surface area contributed by atoms with Gasteiger partial charge >= 0.3 is 0 Å². The van der Waals surface area contributed by atoms with Crippen molar-refractivity contribution in [2.45, 2.75) is 50.6 Å². The van der Waals surface area contributed by atoms with Gasteiger partial charge in [0.2, 0.25) is 0 Å². The summed E-state index contributed by atoms with van der Waals surface area (Å²) in [5, 5.41) is 4.54. The average Bonchev–Trinajstić information content (AvgIpc) is 3.27. The molecule has 4 rings (SSSR count). The summed E-state index contributed by atoms with van der Waals surface area (Å²) < 4.78 is 2.03. The molecular weight excluding hydrogens is 264 g/mol. The molecule has 0 aromatic carbocycles. The lowest BCUT2D eigenvalue weighted by molar-refractivity contribution is 0.153. The van der Waals surface area contributed by atoms with Crippen LogP contribution in [0.1, 0.15) is 50.3 Å². The fourth-order valence-electron chi connectivity index (χ4n) is 3.26. The van der Waals surface area contributed by atoms with E-state index in [-0.39, 0.29) is 0 Å². The largest absolute Gasteiger partial charge is 0.380 e. The molecule has 3 heterocycles. The van der Waals surface area contributed by atoms with Crippen LogP contribution in [0, 0.1) is 0 Å². The number of rotatable bonds is 2. The van der Waals surface area contributed by atoms with E-state index in [0.717, 1.165) is 36.2 Å². The van der Waals surface area contributed by atoms with E-state index in [2.05, 4.69) is 29.0 Å². The number of aromatic nitrogens is 4. The fraction of sp³-hybridized carbons (Fsp3) is 0.667. The van der Waals surface area contributed by atoms with Gasteiger partial charge in [-0.3, -0.25) is 0 Å². The van der Waals surface area contributed by atoms with Gasteiger partial charge in [0.1, 0.15) is 0 Å². The highest BCUT2D eigenvalue weighted by Gasteiger charge is 2.29. The molecule has 0 bridgehead atoms. The monoisotopic (exact) mass is 286 g/mol. The Morgan fingerprint density at radius 1 is 1.29 bits per heavy atom. The van der Waals surface area contributed by atoms with Gasteiger partial charge in [-0.15, -0.1) is 0 Å². The minimum atomic E-state index is 0.375. The van der Waals surface area contributed by atoms with Crippen LogP contribution in [-0.2, 0) is 0 Å². The second-order valence-electron chi connectivity index (χ2n) is 6.58. The maximum absolute atomic E-state index is 6.04. The summed E-state index contributed by atoms with van der Waals surface area (Å²) in [6.45, 7) is 3.35. The Morgan fingerprint density at radius 3 is 2.81 bits per heavy atom. The quantitative estimate of drug-likeness (QED) is 0.913. The molecule has 1 saturated heterocycles. The van der Waals surface area contributed by atoms with Crippen molar-refractivity contribution in [3.05, 3.63) is 11.9 Å². The Morgan fingerprint density at radius 2 is 2.10 bits per heavy atom. The molecule has 1 saturated carbocycles. The van der Waals surface area contributed by atoms with Gasteiger partial charge in [-0.2, -0.15) is 5.10 Å². The molecule has 2 aliphatic rings. The van der Waals surface area contributed by atoms with Crippen molar-refractivity contribution in [2.75, 3.05) is 19.3 Å². The highest BCUT2D eigenvalue weighted by molar-refractivity contribution is 5.82. The molecule has 0 spiro atoms. The SMILES string of the molecule is C[C@H]1C[C@H](n2nc(N)c3ncc(C4CC4)nc32)CCN1C. The maximum atomic E-state index is 6.04. The summed E-state index contributed by atoms with van der Waals surface area (Å²) in [6, 6.07) is 0.934. The second kappa shape index (κ2) is 4.66. The standard InChI is InChI=1S/C15H22N6/c1-9-7-11(5-6-20(9)2)21-15-13(14(16)19-21)17-8-12(18-15)10-3-4-10/h8-11H,3-7H2,1-2H3,(H2,16,19)/t9-,11+/m0/s1. The minimum Gasteiger partial charge on any atom is -0.380 e. The summed E-state index contributed by atoms with van der Waals surface area (Å²) in [7, 11) is 2.18. The number of likely N-dealkylation sites (tertiary alicyclic amines) is 1. The van der Waals surface area contributed by atoms with Gasteiger partial charge in [0.15, 0.2) is 17.0 Å². The Balaban J connectivity index is 1.75. The first-order chi connectivity index (χ1) is 10.1. The summed E-state index contributed by atoms with van der Waals surface area (Å²) in [4.78, 5) is 11.7. The number of fused-ring (bicyclic) bond motifs is 1. The van der Waals surface area contributed by atoms with Crippen LogP contribution in [0.15, 0.2) is 6.20 Å². The number of hydrogen-bond acceptors (Lipinski definition) is 5. The molecule has 2 aromatic rings. The first-order valence-electron chi connectivity index (χ1n) is 7.84. The molecular formula is C15H22N6. The molecule has 2 aromatic heterocycles. The Bertz CT molecular complexity index is 674. The number of hydrogen-bond donors (Lipinski definition) is 1. The Kier molecular flexibility index (Phi) is 2.89. The lowest BCUT2D eigenvalue weighted by Gasteiger charge is -2.35. The third kappa shape index (κ3) is 2.18. The van der Waals surface area contributed by atoms with Crippen molar-refractivity contribution in [1.29, 1.82) is 0 Å². The molecule has 21 heavy (non-hydrogen) atoms. The van der Waals surface area contributed by atoms with E-state index in [9.17, 15) is 0 Å². The number of nitrogens with zero attached hydrogens (tertiary/aromatic N) is 5. The predicted molar refractivity (Wildman–Crippen MR) is 82.1 cm³/mol. The van der Waals surface area contributed by atoms with Crippen LogP contribution < -0.4 is 5.73 Å². The van der Waals surface area contributed by atoms with Gasteiger partial charge < -0.3 is 10.6 Å². The van der Waals surface area contributed by atoms with Gasteiger partial charge in [0, 0.05) is 24.7 Å². The zero-order valence-electron chi connectivity index (χ0n) is 12.7. The van der Waals surface area contributed by atoms with Crippen molar-refractivity contribution in [1.82, 2.24) is 24.6 Å². The van der Waals surface area contributed by atoms with E-state index >= 15 is 0 Å². The van der Waals surface area contributed by atoms with Crippen LogP contribution in [0.2, 0.25) is 0 Å². The van der Waals surface area contributed by atoms with Crippen molar-refractivity contribution >= 4 is 17.0 Å². The highest BCUT2D eigenvalue weighted by Crippen LogP contribution is 2.39. The zero-order valence-corrected chi connectivity index (χ0v) is 12.7. The van der Waals surface area contributed by atoms with Crippen molar-refractivity contribution in [3.63, 3.8) is 0 Å². The van der Waals surface area contributed by atoms with E-state index in [1.165, 1.54) is 12.8 Å². The second-order valence-corrected chi connectivity index (χ2v) is 6.58. The highest BCUT2D eigenvalue weighted by atomic mass is 15.4. The van der Waals surface area contributed by atoms with Gasteiger partial charge in [-0.05, 0) is 39.7 Å². The minimum absolute atomic E-state index is 0.375. The first kappa shape index (κ1) is 13.0. The number of nitrogens with two attached hydrogens (primary N) is 1. The number of anilines is 1. The van der Waals surface area contributed by atoms with Crippen LogP contribution in [-0.4, -0.2) is 44.3 Å². The van der Waals surface area contributed by atoms with Crippen LogP contribution in [0.3, 0.4) is 0 Å². The molecule has 0 amide bonds. The fourth-order valence-corrected chi connectivity index (χ4v) is 3.26. The molecule has 2 atom stereocenters. The van der Waals surface area contributed by atoms with Crippen molar-refractivity contribution < 1.29 is 0 Å². The van der Waals surface area contributed by atoms with Crippen LogP contribution in [0.4, 0.5) is 5.82 Å². The lowest BCUT2D eigenvalue weighted by Crippen LogP contribution is -2.38.